The zero-order valence-electron chi connectivity index (χ0n) is 15.5. The van der Waals surface area contributed by atoms with E-state index in [1.54, 1.807) is 6.08 Å². The Morgan fingerprint density at radius 3 is 1.89 bits per heavy atom. The molecule has 28 heavy (non-hydrogen) atoms. The van der Waals surface area contributed by atoms with E-state index in [9.17, 15) is 9.59 Å². The van der Waals surface area contributed by atoms with Gasteiger partial charge in [-0.1, -0.05) is 91.0 Å². The van der Waals surface area contributed by atoms with E-state index in [0.29, 0.717) is 6.54 Å². The predicted octanol–water partition coefficient (Wildman–Crippen LogP) is 4.64. The number of imide groups is 1. The molecule has 0 unspecified atom stereocenters. The van der Waals surface area contributed by atoms with E-state index in [1.807, 2.05) is 91.0 Å². The van der Waals surface area contributed by atoms with Crippen molar-refractivity contribution in [3.05, 3.63) is 114 Å². The molecule has 4 heteroatoms. The second kappa shape index (κ2) is 9.88. The first kappa shape index (κ1) is 19.1. The lowest BCUT2D eigenvalue weighted by Gasteiger charge is -2.20. The lowest BCUT2D eigenvalue weighted by molar-refractivity contribution is -0.123. The van der Waals surface area contributed by atoms with Gasteiger partial charge in [0.15, 0.2) is 0 Å². The molecule has 0 spiro atoms. The summed E-state index contributed by atoms with van der Waals surface area (Å²) < 4.78 is 0. The Kier molecular flexibility index (Phi) is 6.74. The maximum Gasteiger partial charge on any atom is 0.324 e. The lowest BCUT2D eigenvalue weighted by Crippen LogP contribution is -2.42. The molecule has 0 bridgehead atoms. The van der Waals surface area contributed by atoms with Crippen molar-refractivity contribution in [2.75, 3.05) is 0 Å². The maximum absolute atomic E-state index is 12.8. The summed E-state index contributed by atoms with van der Waals surface area (Å²) in [5, 5.41) is 2.83. The van der Waals surface area contributed by atoms with Crippen molar-refractivity contribution >= 4 is 18.0 Å². The summed E-state index contributed by atoms with van der Waals surface area (Å²) in [7, 11) is 0. The standard InChI is InChI=1S/C24H22N2O2/c27-23(17-16-20-10-4-1-5-11-20)26(19-22-14-8-3-9-15-22)24(28)25-18-21-12-6-2-7-13-21/h1-17H,18-19H2,(H,25,28)/b17-16+. The van der Waals surface area contributed by atoms with E-state index in [4.69, 9.17) is 0 Å². The van der Waals surface area contributed by atoms with Crippen LogP contribution in [0, 0.1) is 0 Å². The normalized spacial score (nSPS) is 10.6. The summed E-state index contributed by atoms with van der Waals surface area (Å²) >= 11 is 0. The first-order valence-electron chi connectivity index (χ1n) is 9.13. The van der Waals surface area contributed by atoms with Gasteiger partial charge in [-0.15, -0.1) is 0 Å². The summed E-state index contributed by atoms with van der Waals surface area (Å²) in [6.07, 6.45) is 3.14. The van der Waals surface area contributed by atoms with Crippen molar-refractivity contribution in [1.82, 2.24) is 10.2 Å². The number of amides is 3. The third kappa shape index (κ3) is 5.68. The SMILES string of the molecule is O=C(/C=C/c1ccccc1)N(Cc1ccccc1)C(=O)NCc1ccccc1. The molecule has 0 fully saturated rings. The smallest absolute Gasteiger partial charge is 0.324 e. The van der Waals surface area contributed by atoms with E-state index >= 15 is 0 Å². The molecule has 0 heterocycles. The molecule has 140 valence electrons. The molecule has 0 radical (unpaired) electrons. The van der Waals surface area contributed by atoms with Gasteiger partial charge in [0.2, 0.25) is 0 Å². The molecule has 0 saturated carbocycles. The minimum Gasteiger partial charge on any atom is -0.334 e. The van der Waals surface area contributed by atoms with Crippen molar-refractivity contribution in [2.45, 2.75) is 13.1 Å². The summed E-state index contributed by atoms with van der Waals surface area (Å²) in [4.78, 5) is 26.7. The van der Waals surface area contributed by atoms with Gasteiger partial charge >= 0.3 is 6.03 Å². The van der Waals surface area contributed by atoms with Crippen LogP contribution in [0.15, 0.2) is 97.1 Å². The third-order valence-corrected chi connectivity index (χ3v) is 4.20. The summed E-state index contributed by atoms with van der Waals surface area (Å²) in [5.41, 5.74) is 2.77. The number of hydrogen-bond donors (Lipinski definition) is 1. The van der Waals surface area contributed by atoms with Crippen molar-refractivity contribution in [2.24, 2.45) is 0 Å². The van der Waals surface area contributed by atoms with Gasteiger partial charge in [-0.2, -0.15) is 0 Å². The minimum atomic E-state index is -0.421. The Morgan fingerprint density at radius 2 is 1.29 bits per heavy atom. The van der Waals surface area contributed by atoms with E-state index < -0.39 is 6.03 Å². The molecule has 3 amide bonds. The fourth-order valence-electron chi connectivity index (χ4n) is 2.71. The van der Waals surface area contributed by atoms with Crippen LogP contribution < -0.4 is 5.32 Å². The Labute approximate surface area is 165 Å². The fourth-order valence-corrected chi connectivity index (χ4v) is 2.71. The Bertz CT molecular complexity index is 923. The summed E-state index contributed by atoms with van der Waals surface area (Å²) in [6, 6.07) is 28.2. The molecule has 3 aromatic rings. The second-order valence-electron chi connectivity index (χ2n) is 6.30. The molecule has 1 N–H and O–H groups in total. The van der Waals surface area contributed by atoms with E-state index in [1.165, 1.54) is 11.0 Å². The molecule has 0 atom stereocenters. The molecule has 0 aliphatic heterocycles. The Morgan fingerprint density at radius 1 is 0.750 bits per heavy atom. The summed E-state index contributed by atoms with van der Waals surface area (Å²) in [5.74, 6) is -0.363. The monoisotopic (exact) mass is 370 g/mol. The fraction of sp³-hybridized carbons (Fsp3) is 0.0833. The van der Waals surface area contributed by atoms with Gasteiger partial charge < -0.3 is 5.32 Å². The average Bonchev–Trinajstić information content (AvgIpc) is 2.76. The second-order valence-corrected chi connectivity index (χ2v) is 6.30. The first-order chi connectivity index (χ1) is 13.7. The number of carbonyl (C=O) groups excluding carboxylic acids is 2. The molecule has 4 nitrogen and oxygen atoms in total. The van der Waals surface area contributed by atoms with Crippen molar-refractivity contribution in [3.63, 3.8) is 0 Å². The van der Waals surface area contributed by atoms with Gasteiger partial charge in [0.05, 0.1) is 6.54 Å². The van der Waals surface area contributed by atoms with Gasteiger partial charge in [0, 0.05) is 12.6 Å². The van der Waals surface area contributed by atoms with Crippen molar-refractivity contribution in [3.8, 4) is 0 Å². The van der Waals surface area contributed by atoms with E-state index in [0.717, 1.165) is 16.7 Å². The van der Waals surface area contributed by atoms with Gasteiger partial charge in [0.1, 0.15) is 0 Å². The van der Waals surface area contributed by atoms with Gasteiger partial charge in [-0.25, -0.2) is 4.79 Å². The van der Waals surface area contributed by atoms with Crippen LogP contribution in [-0.2, 0) is 17.9 Å². The zero-order valence-corrected chi connectivity index (χ0v) is 15.5. The van der Waals surface area contributed by atoms with Crippen LogP contribution >= 0.6 is 0 Å². The number of rotatable bonds is 6. The van der Waals surface area contributed by atoms with Crippen LogP contribution in [0.1, 0.15) is 16.7 Å². The van der Waals surface area contributed by atoms with Gasteiger partial charge in [0.25, 0.3) is 5.91 Å². The minimum absolute atomic E-state index is 0.208. The van der Waals surface area contributed by atoms with Crippen LogP contribution in [0.2, 0.25) is 0 Å². The predicted molar refractivity (Wildman–Crippen MR) is 111 cm³/mol. The highest BCUT2D eigenvalue weighted by Crippen LogP contribution is 2.08. The molecule has 3 rings (SSSR count). The Hall–Kier alpha value is -3.66. The van der Waals surface area contributed by atoms with Crippen molar-refractivity contribution in [1.29, 1.82) is 0 Å². The molecule has 0 aliphatic rings. The number of hydrogen-bond acceptors (Lipinski definition) is 2. The zero-order chi connectivity index (χ0) is 19.6. The third-order valence-electron chi connectivity index (χ3n) is 4.20. The number of carbonyl (C=O) groups is 2. The largest absolute Gasteiger partial charge is 0.334 e. The van der Waals surface area contributed by atoms with Crippen molar-refractivity contribution < 1.29 is 9.59 Å². The highest BCUT2D eigenvalue weighted by Gasteiger charge is 2.19. The van der Waals surface area contributed by atoms with Crippen LogP contribution in [0.4, 0.5) is 4.79 Å². The van der Waals surface area contributed by atoms with Crippen LogP contribution in [0.25, 0.3) is 6.08 Å². The number of nitrogens with one attached hydrogen (secondary N) is 1. The highest BCUT2D eigenvalue weighted by molar-refractivity contribution is 6.02. The van der Waals surface area contributed by atoms with Gasteiger partial charge in [-0.05, 0) is 22.8 Å². The van der Waals surface area contributed by atoms with Gasteiger partial charge in [-0.3, -0.25) is 9.69 Å². The van der Waals surface area contributed by atoms with Crippen LogP contribution in [0.5, 0.6) is 0 Å². The molecule has 0 aliphatic carbocycles. The molecular formula is C24H22N2O2. The number of urea groups is 1. The topological polar surface area (TPSA) is 49.4 Å². The average molecular weight is 370 g/mol. The van der Waals surface area contributed by atoms with Crippen LogP contribution in [-0.4, -0.2) is 16.8 Å². The molecular weight excluding hydrogens is 348 g/mol. The first-order valence-corrected chi connectivity index (χ1v) is 9.13. The Balaban J connectivity index is 1.72. The number of nitrogens with zero attached hydrogens (tertiary/aromatic N) is 1. The number of benzene rings is 3. The quantitative estimate of drug-likeness (QED) is 0.643. The van der Waals surface area contributed by atoms with Crippen LogP contribution in [0.3, 0.4) is 0 Å². The molecule has 0 aromatic heterocycles. The van der Waals surface area contributed by atoms with E-state index in [2.05, 4.69) is 5.32 Å². The molecule has 3 aromatic carbocycles. The van der Waals surface area contributed by atoms with E-state index in [-0.39, 0.29) is 12.5 Å². The lowest BCUT2D eigenvalue weighted by atomic mass is 10.2. The summed E-state index contributed by atoms with van der Waals surface area (Å²) in [6.45, 7) is 0.570. The highest BCUT2D eigenvalue weighted by atomic mass is 16.2. The molecule has 0 saturated heterocycles. The maximum atomic E-state index is 12.8.